The van der Waals surface area contributed by atoms with Crippen LogP contribution >= 0.6 is 9.24 Å². The summed E-state index contributed by atoms with van der Waals surface area (Å²) in [7, 11) is 7.14. The smallest absolute Gasteiger partial charge is 0.204 e. The first-order valence-electron chi connectivity index (χ1n) is 2.56. The second-order valence-corrected chi connectivity index (χ2v) is 2.53. The molecule has 0 aliphatic rings. The minimum absolute atomic E-state index is 0.407. The molecule has 1 atom stereocenters. The molecule has 9 heavy (non-hydrogen) atoms. The highest BCUT2D eigenvalue weighted by molar-refractivity contribution is 7.18. The second-order valence-electron chi connectivity index (χ2n) is 1.65. The molecule has 0 bridgehead atoms. The van der Waals surface area contributed by atoms with Gasteiger partial charge in [-0.2, -0.15) is 0 Å². The van der Waals surface area contributed by atoms with Gasteiger partial charge >= 0.3 is 0 Å². The van der Waals surface area contributed by atoms with Gasteiger partial charge in [-0.15, -0.1) is 0 Å². The summed E-state index contributed by atoms with van der Waals surface area (Å²) in [5.74, 6) is 0. The van der Waals surface area contributed by atoms with Crippen LogP contribution in [0, 0.1) is 0 Å². The molecular formula is C5H13O3P. The molecule has 0 N–H and O–H groups in total. The molecule has 4 heteroatoms. The molecule has 0 rings (SSSR count). The number of methoxy groups -OCH3 is 3. The van der Waals surface area contributed by atoms with Crippen molar-refractivity contribution in [1.29, 1.82) is 0 Å². The second kappa shape index (κ2) is 4.18. The molecule has 0 saturated heterocycles. The Balaban J connectivity index is 3.62. The van der Waals surface area contributed by atoms with Gasteiger partial charge in [0, 0.05) is 21.3 Å². The average Bonchev–Trinajstić information content (AvgIpc) is 1.89. The summed E-state index contributed by atoms with van der Waals surface area (Å²) < 4.78 is 14.7. The first-order valence-corrected chi connectivity index (χ1v) is 3.14. The molecule has 1 unspecified atom stereocenters. The summed E-state index contributed by atoms with van der Waals surface area (Å²) in [6, 6.07) is 0. The molecule has 0 radical (unpaired) electrons. The van der Waals surface area contributed by atoms with Crippen LogP contribution < -0.4 is 0 Å². The van der Waals surface area contributed by atoms with Crippen molar-refractivity contribution in [2.45, 2.75) is 5.53 Å². The van der Waals surface area contributed by atoms with Crippen molar-refractivity contribution in [3.8, 4) is 0 Å². The SMILES string of the molecule is COCC(P)(OC)OC. The zero-order valence-electron chi connectivity index (χ0n) is 6.01. The van der Waals surface area contributed by atoms with Gasteiger partial charge in [-0.3, -0.25) is 0 Å². The topological polar surface area (TPSA) is 27.7 Å². The van der Waals surface area contributed by atoms with E-state index in [9.17, 15) is 0 Å². The molecule has 0 saturated carbocycles. The maximum Gasteiger partial charge on any atom is 0.204 e. The van der Waals surface area contributed by atoms with E-state index in [1.54, 1.807) is 21.3 Å². The van der Waals surface area contributed by atoms with Gasteiger partial charge in [-0.05, 0) is 0 Å². The van der Waals surface area contributed by atoms with E-state index in [2.05, 4.69) is 9.24 Å². The maximum atomic E-state index is 4.94. The summed E-state index contributed by atoms with van der Waals surface area (Å²) in [6.45, 7) is 0.407. The number of hydrogen-bond donors (Lipinski definition) is 0. The summed E-state index contributed by atoms with van der Waals surface area (Å²) in [6.07, 6.45) is 0. The highest BCUT2D eigenvalue weighted by Gasteiger charge is 2.21. The number of hydrogen-bond acceptors (Lipinski definition) is 3. The van der Waals surface area contributed by atoms with Crippen molar-refractivity contribution in [2.75, 3.05) is 27.9 Å². The lowest BCUT2D eigenvalue weighted by Gasteiger charge is -2.24. The fraction of sp³-hybridized carbons (Fsp3) is 1.00. The van der Waals surface area contributed by atoms with Crippen molar-refractivity contribution >= 4 is 9.24 Å². The van der Waals surface area contributed by atoms with Crippen molar-refractivity contribution in [3.63, 3.8) is 0 Å². The Morgan fingerprint density at radius 3 is 1.78 bits per heavy atom. The van der Waals surface area contributed by atoms with E-state index in [1.807, 2.05) is 0 Å². The molecule has 0 aliphatic carbocycles. The van der Waals surface area contributed by atoms with Crippen LogP contribution in [0.5, 0.6) is 0 Å². The third-order valence-corrected chi connectivity index (χ3v) is 1.67. The first kappa shape index (κ1) is 9.31. The van der Waals surface area contributed by atoms with Crippen molar-refractivity contribution < 1.29 is 14.2 Å². The highest BCUT2D eigenvalue weighted by Crippen LogP contribution is 2.19. The predicted molar refractivity (Wildman–Crippen MR) is 38.3 cm³/mol. The Kier molecular flexibility index (Phi) is 4.32. The molecule has 3 nitrogen and oxygen atoms in total. The van der Waals surface area contributed by atoms with Gasteiger partial charge in [0.15, 0.2) is 0 Å². The fourth-order valence-corrected chi connectivity index (χ4v) is 0.569. The molecule has 0 aromatic rings. The van der Waals surface area contributed by atoms with E-state index in [1.165, 1.54) is 0 Å². The fourth-order valence-electron chi connectivity index (χ4n) is 0.402. The van der Waals surface area contributed by atoms with Crippen LogP contribution in [0.15, 0.2) is 0 Å². The maximum absolute atomic E-state index is 4.94. The Hall–Kier alpha value is 0.310. The third-order valence-electron chi connectivity index (χ3n) is 1.04. The summed E-state index contributed by atoms with van der Waals surface area (Å²) >= 11 is 0. The van der Waals surface area contributed by atoms with Gasteiger partial charge in [-0.25, -0.2) is 0 Å². The van der Waals surface area contributed by atoms with E-state index in [4.69, 9.17) is 14.2 Å². The molecule has 0 spiro atoms. The van der Waals surface area contributed by atoms with E-state index in [0.717, 1.165) is 0 Å². The van der Waals surface area contributed by atoms with Gasteiger partial charge in [0.25, 0.3) is 0 Å². The minimum atomic E-state index is -0.672. The van der Waals surface area contributed by atoms with E-state index >= 15 is 0 Å². The first-order chi connectivity index (χ1) is 4.18. The monoisotopic (exact) mass is 152 g/mol. The van der Waals surface area contributed by atoms with Crippen LogP contribution in [0.25, 0.3) is 0 Å². The van der Waals surface area contributed by atoms with E-state index < -0.39 is 5.53 Å². The number of ether oxygens (including phenoxy) is 3. The Labute approximate surface area is 57.9 Å². The van der Waals surface area contributed by atoms with Crippen LogP contribution in [-0.4, -0.2) is 33.5 Å². The van der Waals surface area contributed by atoms with Gasteiger partial charge in [-0.1, -0.05) is 9.24 Å². The lowest BCUT2D eigenvalue weighted by atomic mass is 10.7. The molecule has 0 amide bonds. The zero-order valence-corrected chi connectivity index (χ0v) is 7.16. The van der Waals surface area contributed by atoms with Crippen molar-refractivity contribution in [1.82, 2.24) is 0 Å². The zero-order chi connectivity index (χ0) is 7.33. The number of rotatable bonds is 4. The standard InChI is InChI=1S/C5H13O3P/c1-6-4-5(9,7-2)8-3/h4,9H2,1-3H3. The van der Waals surface area contributed by atoms with E-state index in [-0.39, 0.29) is 0 Å². The Morgan fingerprint density at radius 2 is 1.67 bits per heavy atom. The Bertz CT molecular complexity index is 72.6. The van der Waals surface area contributed by atoms with Crippen LogP contribution in [0.1, 0.15) is 0 Å². The molecule has 0 heterocycles. The van der Waals surface area contributed by atoms with Gasteiger partial charge in [0.05, 0.1) is 0 Å². The van der Waals surface area contributed by atoms with Crippen molar-refractivity contribution in [3.05, 3.63) is 0 Å². The predicted octanol–water partition coefficient (Wildman–Crippen LogP) is 0.455. The third kappa shape index (κ3) is 3.11. The quantitative estimate of drug-likeness (QED) is 0.432. The lowest BCUT2D eigenvalue weighted by molar-refractivity contribution is -0.164. The summed E-state index contributed by atoms with van der Waals surface area (Å²) in [4.78, 5) is 0. The summed E-state index contributed by atoms with van der Waals surface area (Å²) in [5, 5.41) is 0. The molecule has 0 fully saturated rings. The van der Waals surface area contributed by atoms with Crippen LogP contribution in [0.2, 0.25) is 0 Å². The van der Waals surface area contributed by atoms with E-state index in [0.29, 0.717) is 6.61 Å². The van der Waals surface area contributed by atoms with Crippen LogP contribution in [-0.2, 0) is 14.2 Å². The minimum Gasteiger partial charge on any atom is -0.379 e. The van der Waals surface area contributed by atoms with Crippen LogP contribution in [0.4, 0.5) is 0 Å². The highest BCUT2D eigenvalue weighted by atomic mass is 31.0. The molecule has 0 aliphatic heterocycles. The van der Waals surface area contributed by atoms with Gasteiger partial charge in [0.1, 0.15) is 6.61 Å². The van der Waals surface area contributed by atoms with Crippen LogP contribution in [0.3, 0.4) is 0 Å². The normalized spacial score (nSPS) is 12.0. The molecular weight excluding hydrogens is 139 g/mol. The Morgan fingerprint density at radius 1 is 1.22 bits per heavy atom. The van der Waals surface area contributed by atoms with Gasteiger partial charge in [0.2, 0.25) is 5.53 Å². The molecule has 0 aromatic heterocycles. The molecule has 56 valence electrons. The average molecular weight is 152 g/mol. The van der Waals surface area contributed by atoms with Crippen molar-refractivity contribution in [2.24, 2.45) is 0 Å². The van der Waals surface area contributed by atoms with Gasteiger partial charge < -0.3 is 14.2 Å². The largest absolute Gasteiger partial charge is 0.379 e. The summed E-state index contributed by atoms with van der Waals surface area (Å²) in [5.41, 5.74) is -0.672. The molecule has 0 aromatic carbocycles. The lowest BCUT2D eigenvalue weighted by Crippen LogP contribution is -2.31.